The summed E-state index contributed by atoms with van der Waals surface area (Å²) in [5, 5.41) is 3.22. The fourth-order valence-electron chi connectivity index (χ4n) is 2.28. The lowest BCUT2D eigenvalue weighted by Gasteiger charge is -2.27. The van der Waals surface area contributed by atoms with Gasteiger partial charge in [0.2, 0.25) is 0 Å². The van der Waals surface area contributed by atoms with Gasteiger partial charge >= 0.3 is 0 Å². The molecule has 0 radical (unpaired) electrons. The summed E-state index contributed by atoms with van der Waals surface area (Å²) in [4.78, 5) is 4.73. The van der Waals surface area contributed by atoms with Crippen LogP contribution in [0.1, 0.15) is 57.2 Å². The minimum Gasteiger partial charge on any atom is -0.371 e. The van der Waals surface area contributed by atoms with Crippen molar-refractivity contribution in [2.75, 3.05) is 7.11 Å². The van der Waals surface area contributed by atoms with Crippen LogP contribution in [-0.2, 0) is 16.8 Å². The predicted molar refractivity (Wildman–Crippen MR) is 78.0 cm³/mol. The van der Waals surface area contributed by atoms with E-state index in [1.807, 2.05) is 0 Å². The Morgan fingerprint density at radius 1 is 1.39 bits per heavy atom. The van der Waals surface area contributed by atoms with E-state index in [1.54, 1.807) is 18.4 Å². The average molecular weight is 270 g/mol. The molecule has 1 heterocycles. The smallest absolute Gasteiger partial charge is 0.125 e. The number of aromatic nitrogens is 1. The lowest BCUT2D eigenvalue weighted by Crippen LogP contribution is -2.27. The monoisotopic (exact) mass is 270 g/mol. The summed E-state index contributed by atoms with van der Waals surface area (Å²) < 4.78 is 5.70. The highest BCUT2D eigenvalue weighted by atomic mass is 32.1. The molecular formula is C14H26N2OS. The van der Waals surface area contributed by atoms with E-state index in [0.717, 1.165) is 42.8 Å². The third-order valence-electron chi connectivity index (χ3n) is 3.61. The number of hydrogen-bond acceptors (Lipinski definition) is 4. The minimum absolute atomic E-state index is 0.211. The molecule has 0 aliphatic rings. The molecule has 2 N–H and O–H groups in total. The maximum Gasteiger partial charge on any atom is 0.125 e. The number of nitrogens with two attached hydrogens (primary N) is 1. The molecule has 0 bridgehead atoms. The molecule has 4 heteroatoms. The number of rotatable bonds is 8. The van der Waals surface area contributed by atoms with E-state index in [0.29, 0.717) is 0 Å². The van der Waals surface area contributed by atoms with E-state index in [9.17, 15) is 0 Å². The molecule has 1 rings (SSSR count). The first-order chi connectivity index (χ1) is 8.61. The van der Waals surface area contributed by atoms with Crippen LogP contribution in [0.15, 0.2) is 5.38 Å². The summed E-state index contributed by atoms with van der Waals surface area (Å²) in [7, 11) is 1.77. The summed E-state index contributed by atoms with van der Waals surface area (Å²) in [6.07, 6.45) is 4.97. The van der Waals surface area contributed by atoms with Gasteiger partial charge in [0, 0.05) is 25.0 Å². The van der Waals surface area contributed by atoms with Gasteiger partial charge < -0.3 is 10.5 Å². The zero-order chi connectivity index (χ0) is 13.6. The van der Waals surface area contributed by atoms with Gasteiger partial charge in [-0.15, -0.1) is 11.3 Å². The lowest BCUT2D eigenvalue weighted by atomic mass is 9.98. The van der Waals surface area contributed by atoms with Crippen molar-refractivity contribution in [2.24, 2.45) is 5.73 Å². The Labute approximate surface area is 115 Å². The van der Waals surface area contributed by atoms with Crippen LogP contribution in [0.2, 0.25) is 0 Å². The molecule has 1 aromatic rings. The van der Waals surface area contributed by atoms with Gasteiger partial charge in [0.15, 0.2) is 0 Å². The molecule has 1 aromatic heterocycles. The van der Waals surface area contributed by atoms with Crippen LogP contribution in [0.4, 0.5) is 0 Å². The van der Waals surface area contributed by atoms with Crippen LogP contribution < -0.4 is 5.73 Å². The zero-order valence-electron chi connectivity index (χ0n) is 12.0. The molecule has 18 heavy (non-hydrogen) atoms. The Morgan fingerprint density at radius 2 is 2.06 bits per heavy atom. The first-order valence-corrected chi connectivity index (χ1v) is 7.75. The zero-order valence-corrected chi connectivity index (χ0v) is 12.8. The van der Waals surface area contributed by atoms with E-state index in [1.165, 1.54) is 0 Å². The van der Waals surface area contributed by atoms with E-state index in [4.69, 9.17) is 15.5 Å². The van der Waals surface area contributed by atoms with E-state index in [-0.39, 0.29) is 11.6 Å². The molecule has 0 aromatic carbocycles. The highest BCUT2D eigenvalue weighted by Gasteiger charge is 2.31. The maximum atomic E-state index is 6.07. The average Bonchev–Trinajstić information content (AvgIpc) is 2.81. The molecule has 3 nitrogen and oxygen atoms in total. The quantitative estimate of drug-likeness (QED) is 0.787. The Kier molecular flexibility index (Phi) is 6.26. The van der Waals surface area contributed by atoms with Crippen molar-refractivity contribution in [3.05, 3.63) is 16.1 Å². The molecule has 0 spiro atoms. The fraction of sp³-hybridized carbons (Fsp3) is 0.786. The van der Waals surface area contributed by atoms with E-state index in [2.05, 4.69) is 26.2 Å². The van der Waals surface area contributed by atoms with Crippen LogP contribution in [0, 0.1) is 0 Å². The van der Waals surface area contributed by atoms with Crippen molar-refractivity contribution in [3.63, 3.8) is 0 Å². The number of thiazole rings is 1. The molecule has 1 atom stereocenters. The highest BCUT2D eigenvalue weighted by Crippen LogP contribution is 2.34. The second-order valence-electron chi connectivity index (χ2n) is 4.80. The van der Waals surface area contributed by atoms with Gasteiger partial charge in [0.25, 0.3) is 0 Å². The molecule has 104 valence electrons. The third kappa shape index (κ3) is 3.53. The summed E-state index contributed by atoms with van der Waals surface area (Å²) in [5.41, 5.74) is 6.97. The second kappa shape index (κ2) is 7.22. The minimum atomic E-state index is -0.211. The van der Waals surface area contributed by atoms with Crippen molar-refractivity contribution >= 4 is 11.3 Å². The third-order valence-corrected chi connectivity index (χ3v) is 4.68. The van der Waals surface area contributed by atoms with Crippen molar-refractivity contribution in [1.29, 1.82) is 0 Å². The van der Waals surface area contributed by atoms with Crippen LogP contribution >= 0.6 is 11.3 Å². The van der Waals surface area contributed by atoms with Crippen molar-refractivity contribution in [1.82, 2.24) is 4.98 Å². The van der Waals surface area contributed by atoms with Gasteiger partial charge in [-0.3, -0.25) is 0 Å². The van der Waals surface area contributed by atoms with Gasteiger partial charge in [0.1, 0.15) is 10.6 Å². The number of ether oxygens (including phenoxy) is 1. The highest BCUT2D eigenvalue weighted by molar-refractivity contribution is 7.09. The van der Waals surface area contributed by atoms with Gasteiger partial charge in [-0.05, 0) is 19.3 Å². The van der Waals surface area contributed by atoms with Crippen molar-refractivity contribution < 1.29 is 4.74 Å². The van der Waals surface area contributed by atoms with Crippen molar-refractivity contribution in [2.45, 2.75) is 64.5 Å². The summed E-state index contributed by atoms with van der Waals surface area (Å²) in [5.74, 6) is 0. The Bertz CT molecular complexity index is 339. The standard InChI is InChI=1S/C14H26N2OS/c1-5-8-11(15)9-12-10-18-13(16-12)14(6-2,7-3)17-4/h10-11H,5-9,15H2,1-4H3. The summed E-state index contributed by atoms with van der Waals surface area (Å²) in [6, 6.07) is 0.227. The van der Waals surface area contributed by atoms with Crippen LogP contribution in [0.5, 0.6) is 0 Å². The molecule has 0 aliphatic heterocycles. The molecule has 1 unspecified atom stereocenters. The normalized spacial score (nSPS) is 13.8. The molecule has 0 amide bonds. The predicted octanol–water partition coefficient (Wildman–Crippen LogP) is 3.47. The number of nitrogens with zero attached hydrogens (tertiary/aromatic N) is 1. The molecule has 0 saturated heterocycles. The number of hydrogen-bond donors (Lipinski definition) is 1. The van der Waals surface area contributed by atoms with Gasteiger partial charge in [0.05, 0.1) is 5.69 Å². The molecule has 0 aliphatic carbocycles. The van der Waals surface area contributed by atoms with Gasteiger partial charge in [-0.2, -0.15) is 0 Å². The largest absolute Gasteiger partial charge is 0.371 e. The van der Waals surface area contributed by atoms with E-state index >= 15 is 0 Å². The summed E-state index contributed by atoms with van der Waals surface area (Å²) in [6.45, 7) is 6.46. The molecular weight excluding hydrogens is 244 g/mol. The Balaban J connectivity index is 2.78. The molecule has 0 saturated carbocycles. The van der Waals surface area contributed by atoms with Crippen LogP contribution in [0.3, 0.4) is 0 Å². The Morgan fingerprint density at radius 3 is 2.56 bits per heavy atom. The Hall–Kier alpha value is -0.450. The van der Waals surface area contributed by atoms with Gasteiger partial charge in [-0.1, -0.05) is 27.2 Å². The van der Waals surface area contributed by atoms with Gasteiger partial charge in [-0.25, -0.2) is 4.98 Å². The fourth-order valence-corrected chi connectivity index (χ4v) is 3.43. The molecule has 0 fully saturated rings. The van der Waals surface area contributed by atoms with Crippen LogP contribution in [0.25, 0.3) is 0 Å². The van der Waals surface area contributed by atoms with E-state index < -0.39 is 0 Å². The SMILES string of the molecule is CCCC(N)Cc1csc(C(CC)(CC)OC)n1. The lowest BCUT2D eigenvalue weighted by molar-refractivity contribution is -0.0219. The topological polar surface area (TPSA) is 48.1 Å². The van der Waals surface area contributed by atoms with Crippen LogP contribution in [-0.4, -0.2) is 18.1 Å². The summed E-state index contributed by atoms with van der Waals surface area (Å²) >= 11 is 1.70. The number of methoxy groups -OCH3 is 1. The van der Waals surface area contributed by atoms with Crippen molar-refractivity contribution in [3.8, 4) is 0 Å². The first-order valence-electron chi connectivity index (χ1n) is 6.87. The maximum absolute atomic E-state index is 6.07. The second-order valence-corrected chi connectivity index (χ2v) is 5.66. The first kappa shape index (κ1) is 15.6.